The molecule has 0 saturated carbocycles. The van der Waals surface area contributed by atoms with Gasteiger partial charge < -0.3 is 14.7 Å². The number of rotatable bonds is 5. The second-order valence-electron chi connectivity index (χ2n) is 8.36. The lowest BCUT2D eigenvalue weighted by atomic mass is 9.75. The van der Waals surface area contributed by atoms with Gasteiger partial charge in [0, 0.05) is 36.2 Å². The lowest BCUT2D eigenvalue weighted by Crippen LogP contribution is -2.35. The minimum absolute atomic E-state index is 0.0491. The molecule has 2 aromatic heterocycles. The molecule has 1 amide bonds. The van der Waals surface area contributed by atoms with Crippen LogP contribution in [-0.2, 0) is 12.8 Å². The molecule has 154 valence electrons. The molecule has 0 bridgehead atoms. The summed E-state index contributed by atoms with van der Waals surface area (Å²) in [6, 6.07) is 11.0. The average Bonchev–Trinajstić information content (AvgIpc) is 3.16. The highest BCUT2D eigenvalue weighted by Crippen LogP contribution is 2.33. The molecular weight excluding hydrogens is 382 g/mol. The second-order valence-corrected chi connectivity index (χ2v) is 8.36. The number of nitrogens with zero attached hydrogens (tertiary/aromatic N) is 1. The van der Waals surface area contributed by atoms with Crippen LogP contribution in [0.1, 0.15) is 52.4 Å². The molecule has 0 saturated heterocycles. The Kier molecular flexibility index (Phi) is 5.11. The minimum atomic E-state index is -0.511. The minimum Gasteiger partial charge on any atom is -0.444 e. The number of aromatic nitrogens is 2. The molecule has 1 aromatic carbocycles. The number of amides is 1. The number of Topliss-reactive ketones (excluding diaryl/α,β-unsaturated/α-hetero) is 1. The number of pyridine rings is 1. The third kappa shape index (κ3) is 4.10. The Labute approximate surface area is 173 Å². The van der Waals surface area contributed by atoms with Gasteiger partial charge in [-0.1, -0.05) is 32.0 Å². The number of oxazole rings is 1. The highest BCUT2D eigenvalue weighted by molar-refractivity contribution is 6.02. The zero-order chi connectivity index (χ0) is 21.3. The van der Waals surface area contributed by atoms with E-state index in [0.29, 0.717) is 42.1 Å². The summed E-state index contributed by atoms with van der Waals surface area (Å²) < 4.78 is 5.49. The van der Waals surface area contributed by atoms with Crippen molar-refractivity contribution in [3.05, 3.63) is 75.5 Å². The normalized spacial score (nSPS) is 14.9. The number of aromatic amines is 1. The van der Waals surface area contributed by atoms with Gasteiger partial charge in [0.05, 0.1) is 5.69 Å². The summed E-state index contributed by atoms with van der Waals surface area (Å²) in [4.78, 5) is 44.5. The van der Waals surface area contributed by atoms with Gasteiger partial charge in [-0.3, -0.25) is 14.4 Å². The first-order chi connectivity index (χ1) is 14.3. The molecule has 0 unspecified atom stereocenters. The fourth-order valence-electron chi connectivity index (χ4n) is 3.73. The van der Waals surface area contributed by atoms with Crippen LogP contribution in [0.3, 0.4) is 0 Å². The molecule has 0 aliphatic heterocycles. The number of carbonyl (C=O) groups is 2. The Balaban J connectivity index is 1.42. The first kappa shape index (κ1) is 19.8. The largest absolute Gasteiger partial charge is 0.444 e. The maximum atomic E-state index is 12.5. The van der Waals surface area contributed by atoms with Gasteiger partial charge in [-0.05, 0) is 30.0 Å². The fourth-order valence-corrected chi connectivity index (χ4v) is 3.73. The molecule has 4 rings (SSSR count). The van der Waals surface area contributed by atoms with Gasteiger partial charge >= 0.3 is 0 Å². The molecule has 0 fully saturated rings. The molecule has 30 heavy (non-hydrogen) atoms. The Hall–Kier alpha value is -3.48. The zero-order valence-electron chi connectivity index (χ0n) is 17.0. The standard InChI is InChI=1S/C23H23N3O4/c1-23(2)11-18-16(19(27)12-23)10-17(21(29)26-18)20(28)24-9-8-15-13-30-22(25-15)14-6-4-3-5-7-14/h3-7,10,13H,8-9,11-12H2,1-2H3,(H,24,28)(H,26,29). The van der Waals surface area contributed by atoms with Crippen molar-refractivity contribution in [3.8, 4) is 11.5 Å². The monoisotopic (exact) mass is 405 g/mol. The number of hydrogen-bond donors (Lipinski definition) is 2. The molecular formula is C23H23N3O4. The average molecular weight is 405 g/mol. The van der Waals surface area contributed by atoms with Crippen LogP contribution < -0.4 is 10.9 Å². The summed E-state index contributed by atoms with van der Waals surface area (Å²) in [5.74, 6) is -0.0458. The summed E-state index contributed by atoms with van der Waals surface area (Å²) >= 11 is 0. The van der Waals surface area contributed by atoms with E-state index < -0.39 is 11.5 Å². The van der Waals surface area contributed by atoms with Crippen molar-refractivity contribution in [2.45, 2.75) is 33.1 Å². The molecule has 3 aromatic rings. The number of carbonyl (C=O) groups excluding carboxylic acids is 2. The first-order valence-corrected chi connectivity index (χ1v) is 9.90. The molecule has 7 nitrogen and oxygen atoms in total. The SMILES string of the molecule is CC1(C)CC(=O)c2cc(C(=O)NCCc3coc(-c4ccccc4)n3)c(=O)[nH]c2C1. The number of hydrogen-bond acceptors (Lipinski definition) is 5. The van der Waals surface area contributed by atoms with E-state index in [2.05, 4.69) is 15.3 Å². The number of fused-ring (bicyclic) bond motifs is 1. The topological polar surface area (TPSA) is 105 Å². The van der Waals surface area contributed by atoms with Gasteiger partial charge in [-0.2, -0.15) is 0 Å². The number of nitrogens with one attached hydrogen (secondary N) is 2. The molecule has 0 radical (unpaired) electrons. The van der Waals surface area contributed by atoms with E-state index >= 15 is 0 Å². The van der Waals surface area contributed by atoms with E-state index in [1.165, 1.54) is 6.07 Å². The van der Waals surface area contributed by atoms with E-state index in [-0.39, 0.29) is 23.3 Å². The van der Waals surface area contributed by atoms with Gasteiger partial charge in [0.1, 0.15) is 11.8 Å². The summed E-state index contributed by atoms with van der Waals surface area (Å²) in [6.07, 6.45) is 3.00. The zero-order valence-corrected chi connectivity index (χ0v) is 17.0. The van der Waals surface area contributed by atoms with Crippen molar-refractivity contribution in [2.24, 2.45) is 5.41 Å². The van der Waals surface area contributed by atoms with Crippen LogP contribution in [0.5, 0.6) is 0 Å². The van der Waals surface area contributed by atoms with Crippen LogP contribution in [0.25, 0.3) is 11.5 Å². The molecule has 1 aliphatic rings. The molecule has 7 heteroatoms. The van der Waals surface area contributed by atoms with Crippen molar-refractivity contribution in [1.82, 2.24) is 15.3 Å². The fraction of sp³-hybridized carbons (Fsp3) is 0.304. The van der Waals surface area contributed by atoms with Crippen molar-refractivity contribution >= 4 is 11.7 Å². The van der Waals surface area contributed by atoms with E-state index in [1.807, 2.05) is 44.2 Å². The predicted molar refractivity (Wildman–Crippen MR) is 111 cm³/mol. The summed E-state index contributed by atoms with van der Waals surface area (Å²) in [6.45, 7) is 4.26. The third-order valence-electron chi connectivity index (χ3n) is 5.20. The Bertz CT molecular complexity index is 1160. The van der Waals surface area contributed by atoms with Gasteiger partial charge in [0.2, 0.25) is 5.89 Å². The van der Waals surface area contributed by atoms with Crippen LogP contribution in [0.2, 0.25) is 0 Å². The van der Waals surface area contributed by atoms with E-state index in [1.54, 1.807) is 6.26 Å². The van der Waals surface area contributed by atoms with Crippen LogP contribution in [0.4, 0.5) is 0 Å². The summed E-state index contributed by atoms with van der Waals surface area (Å²) in [7, 11) is 0. The van der Waals surface area contributed by atoms with E-state index in [0.717, 1.165) is 5.56 Å². The van der Waals surface area contributed by atoms with Crippen molar-refractivity contribution < 1.29 is 14.0 Å². The quantitative estimate of drug-likeness (QED) is 0.678. The highest BCUT2D eigenvalue weighted by atomic mass is 16.3. The molecule has 0 spiro atoms. The second kappa shape index (κ2) is 7.74. The Morgan fingerprint density at radius 3 is 2.73 bits per heavy atom. The van der Waals surface area contributed by atoms with E-state index in [4.69, 9.17) is 4.42 Å². The van der Waals surface area contributed by atoms with E-state index in [9.17, 15) is 14.4 Å². The van der Waals surface area contributed by atoms with Crippen LogP contribution in [0, 0.1) is 5.41 Å². The van der Waals surface area contributed by atoms with Crippen LogP contribution in [0.15, 0.2) is 51.9 Å². The Morgan fingerprint density at radius 2 is 1.97 bits per heavy atom. The van der Waals surface area contributed by atoms with Crippen LogP contribution >= 0.6 is 0 Å². The maximum Gasteiger partial charge on any atom is 0.261 e. The number of H-pyrrole nitrogens is 1. The summed E-state index contributed by atoms with van der Waals surface area (Å²) in [5.41, 5.74) is 1.88. The smallest absolute Gasteiger partial charge is 0.261 e. The van der Waals surface area contributed by atoms with Gasteiger partial charge in [0.25, 0.3) is 11.5 Å². The lowest BCUT2D eigenvalue weighted by Gasteiger charge is -2.29. The van der Waals surface area contributed by atoms with Crippen molar-refractivity contribution in [3.63, 3.8) is 0 Å². The van der Waals surface area contributed by atoms with Crippen molar-refractivity contribution in [2.75, 3.05) is 6.54 Å². The third-order valence-corrected chi connectivity index (χ3v) is 5.20. The number of ketones is 1. The highest BCUT2D eigenvalue weighted by Gasteiger charge is 2.32. The molecule has 2 heterocycles. The van der Waals surface area contributed by atoms with Gasteiger partial charge in [-0.25, -0.2) is 4.98 Å². The first-order valence-electron chi connectivity index (χ1n) is 9.90. The molecule has 2 N–H and O–H groups in total. The molecule has 1 aliphatic carbocycles. The van der Waals surface area contributed by atoms with Crippen molar-refractivity contribution in [1.29, 1.82) is 0 Å². The summed E-state index contributed by atoms with van der Waals surface area (Å²) in [5, 5.41) is 2.72. The van der Waals surface area contributed by atoms with Crippen LogP contribution in [-0.4, -0.2) is 28.2 Å². The van der Waals surface area contributed by atoms with Gasteiger partial charge in [0.15, 0.2) is 5.78 Å². The predicted octanol–water partition coefficient (Wildman–Crippen LogP) is 3.16. The lowest BCUT2D eigenvalue weighted by molar-refractivity contribution is 0.0910. The molecule has 0 atom stereocenters. The number of benzene rings is 1. The Morgan fingerprint density at radius 1 is 1.20 bits per heavy atom. The maximum absolute atomic E-state index is 12.5. The van der Waals surface area contributed by atoms with Gasteiger partial charge in [-0.15, -0.1) is 0 Å².